The summed E-state index contributed by atoms with van der Waals surface area (Å²) in [7, 11) is 0. The summed E-state index contributed by atoms with van der Waals surface area (Å²) in [5, 5.41) is 12.4. The van der Waals surface area contributed by atoms with Gasteiger partial charge in [0.05, 0.1) is 0 Å². The molecular weight excluding hydrogens is 230 g/mol. The summed E-state index contributed by atoms with van der Waals surface area (Å²) < 4.78 is 5.61. The van der Waals surface area contributed by atoms with E-state index in [0.29, 0.717) is 19.4 Å². The van der Waals surface area contributed by atoms with E-state index in [9.17, 15) is 9.90 Å². The number of rotatable bonds is 6. The zero-order valence-electron chi connectivity index (χ0n) is 10.6. The summed E-state index contributed by atoms with van der Waals surface area (Å²) in [5.41, 5.74) is -0.723. The molecule has 4 nitrogen and oxygen atoms in total. The van der Waals surface area contributed by atoms with Crippen LogP contribution in [0.15, 0.2) is 30.3 Å². The quantitative estimate of drug-likeness (QED) is 0.810. The van der Waals surface area contributed by atoms with E-state index in [4.69, 9.17) is 4.74 Å². The number of nitrogens with one attached hydrogen (secondary N) is 1. The predicted octanol–water partition coefficient (Wildman–Crippen LogP) is 2.05. The van der Waals surface area contributed by atoms with Crippen LogP contribution in [0.1, 0.15) is 26.2 Å². The van der Waals surface area contributed by atoms with Crippen LogP contribution in [-0.4, -0.2) is 29.3 Å². The molecule has 1 fully saturated rings. The molecular formula is C14H19NO3. The van der Waals surface area contributed by atoms with Gasteiger partial charge in [-0.3, -0.25) is 10.1 Å². The van der Waals surface area contributed by atoms with Gasteiger partial charge >= 0.3 is 5.97 Å². The second-order valence-electron chi connectivity index (χ2n) is 4.91. The maximum atomic E-state index is 11.2. The number of ether oxygens (including phenoxy) is 1. The lowest BCUT2D eigenvalue weighted by Gasteiger charge is -2.40. The van der Waals surface area contributed by atoms with Crippen molar-refractivity contribution >= 4 is 5.97 Å². The molecule has 98 valence electrons. The van der Waals surface area contributed by atoms with E-state index in [-0.39, 0.29) is 6.04 Å². The zero-order chi connectivity index (χ0) is 13.0. The van der Waals surface area contributed by atoms with Crippen molar-refractivity contribution in [2.24, 2.45) is 0 Å². The van der Waals surface area contributed by atoms with Gasteiger partial charge in [-0.1, -0.05) is 18.2 Å². The van der Waals surface area contributed by atoms with Crippen molar-refractivity contribution in [1.29, 1.82) is 0 Å². The van der Waals surface area contributed by atoms with Crippen molar-refractivity contribution in [3.8, 4) is 5.75 Å². The van der Waals surface area contributed by atoms with Gasteiger partial charge in [-0.2, -0.15) is 0 Å². The molecule has 1 saturated carbocycles. The summed E-state index contributed by atoms with van der Waals surface area (Å²) in [4.78, 5) is 11.2. The molecule has 0 bridgehead atoms. The Morgan fingerprint density at radius 2 is 2.11 bits per heavy atom. The van der Waals surface area contributed by atoms with Gasteiger partial charge in [-0.05, 0) is 38.3 Å². The minimum atomic E-state index is -0.750. The first-order chi connectivity index (χ1) is 8.62. The van der Waals surface area contributed by atoms with Gasteiger partial charge in [0.1, 0.15) is 17.9 Å². The highest BCUT2D eigenvalue weighted by Crippen LogP contribution is 2.32. The van der Waals surface area contributed by atoms with E-state index in [0.717, 1.165) is 12.2 Å². The second-order valence-corrected chi connectivity index (χ2v) is 4.91. The van der Waals surface area contributed by atoms with Crippen molar-refractivity contribution in [2.75, 3.05) is 6.61 Å². The Morgan fingerprint density at radius 1 is 1.44 bits per heavy atom. The molecule has 0 unspecified atom stereocenters. The van der Waals surface area contributed by atoms with E-state index in [1.165, 1.54) is 0 Å². The number of para-hydroxylation sites is 1. The molecule has 1 aromatic carbocycles. The topological polar surface area (TPSA) is 58.6 Å². The lowest BCUT2D eigenvalue weighted by Crippen LogP contribution is -2.60. The van der Waals surface area contributed by atoms with Crippen LogP contribution in [0, 0.1) is 0 Å². The Balaban J connectivity index is 1.82. The highest BCUT2D eigenvalue weighted by molar-refractivity contribution is 5.80. The van der Waals surface area contributed by atoms with E-state index < -0.39 is 11.5 Å². The smallest absolute Gasteiger partial charge is 0.323 e. The monoisotopic (exact) mass is 249 g/mol. The Morgan fingerprint density at radius 3 is 2.61 bits per heavy atom. The zero-order valence-corrected chi connectivity index (χ0v) is 10.6. The van der Waals surface area contributed by atoms with Gasteiger partial charge < -0.3 is 9.84 Å². The van der Waals surface area contributed by atoms with Crippen molar-refractivity contribution in [2.45, 2.75) is 37.8 Å². The largest absolute Gasteiger partial charge is 0.492 e. The van der Waals surface area contributed by atoms with Crippen LogP contribution in [0.2, 0.25) is 0 Å². The molecule has 0 aliphatic heterocycles. The summed E-state index contributed by atoms with van der Waals surface area (Å²) in [6, 6.07) is 9.56. The highest BCUT2D eigenvalue weighted by Gasteiger charge is 2.44. The van der Waals surface area contributed by atoms with Crippen molar-refractivity contribution in [3.05, 3.63) is 30.3 Å². The number of carboxylic acid groups (broad SMARTS) is 1. The van der Waals surface area contributed by atoms with Crippen LogP contribution in [0.3, 0.4) is 0 Å². The number of hydrogen-bond acceptors (Lipinski definition) is 3. The van der Waals surface area contributed by atoms with Crippen LogP contribution in [0.25, 0.3) is 0 Å². The fraction of sp³-hybridized carbons (Fsp3) is 0.500. The van der Waals surface area contributed by atoms with E-state index in [1.807, 2.05) is 37.3 Å². The Hall–Kier alpha value is -1.55. The van der Waals surface area contributed by atoms with Crippen molar-refractivity contribution in [1.82, 2.24) is 5.32 Å². The number of carbonyl (C=O) groups is 1. The molecule has 0 heterocycles. The van der Waals surface area contributed by atoms with Gasteiger partial charge in [0, 0.05) is 6.04 Å². The SMILES string of the molecule is C[C@H](COc1ccccc1)NC1(C(=O)O)CCC1. The Kier molecular flexibility index (Phi) is 3.87. The molecule has 0 radical (unpaired) electrons. The normalized spacial score (nSPS) is 18.7. The van der Waals surface area contributed by atoms with Crippen LogP contribution in [-0.2, 0) is 4.79 Å². The fourth-order valence-corrected chi connectivity index (χ4v) is 2.20. The molecule has 0 amide bonds. The average molecular weight is 249 g/mol. The third-order valence-electron chi connectivity index (χ3n) is 3.38. The summed E-state index contributed by atoms with van der Waals surface area (Å²) in [6.07, 6.45) is 2.39. The molecule has 4 heteroatoms. The van der Waals surface area contributed by atoms with E-state index in [1.54, 1.807) is 0 Å². The first kappa shape index (κ1) is 12.9. The average Bonchev–Trinajstić information content (AvgIpc) is 2.32. The van der Waals surface area contributed by atoms with Crippen molar-refractivity contribution < 1.29 is 14.6 Å². The minimum absolute atomic E-state index is 0.0154. The Bertz CT molecular complexity index is 401. The third kappa shape index (κ3) is 2.82. The number of carboxylic acids is 1. The number of aliphatic carboxylic acids is 1. The van der Waals surface area contributed by atoms with Crippen LogP contribution in [0.4, 0.5) is 0 Å². The van der Waals surface area contributed by atoms with Gasteiger partial charge in [-0.15, -0.1) is 0 Å². The standard InChI is InChI=1S/C14H19NO3/c1-11(10-18-12-6-3-2-4-7-12)15-14(13(16)17)8-5-9-14/h2-4,6-7,11,15H,5,8-10H2,1H3,(H,16,17)/t11-/m1/s1. The molecule has 2 N–H and O–H groups in total. The maximum absolute atomic E-state index is 11.2. The molecule has 1 aromatic rings. The summed E-state index contributed by atoms with van der Waals surface area (Å²) >= 11 is 0. The second kappa shape index (κ2) is 5.40. The lowest BCUT2D eigenvalue weighted by atomic mass is 9.76. The molecule has 2 rings (SSSR count). The van der Waals surface area contributed by atoms with E-state index >= 15 is 0 Å². The summed E-state index contributed by atoms with van der Waals surface area (Å²) in [6.45, 7) is 2.42. The van der Waals surface area contributed by atoms with Crippen LogP contribution in [0.5, 0.6) is 5.75 Å². The molecule has 0 aromatic heterocycles. The molecule has 1 aliphatic carbocycles. The molecule has 1 atom stereocenters. The molecule has 18 heavy (non-hydrogen) atoms. The van der Waals surface area contributed by atoms with Crippen LogP contribution < -0.4 is 10.1 Å². The number of benzene rings is 1. The third-order valence-corrected chi connectivity index (χ3v) is 3.38. The molecule has 0 saturated heterocycles. The van der Waals surface area contributed by atoms with Gasteiger partial charge in [0.25, 0.3) is 0 Å². The van der Waals surface area contributed by atoms with Gasteiger partial charge in [-0.25, -0.2) is 0 Å². The first-order valence-corrected chi connectivity index (χ1v) is 6.31. The number of hydrogen-bond donors (Lipinski definition) is 2. The van der Waals surface area contributed by atoms with Crippen LogP contribution >= 0.6 is 0 Å². The summed E-state index contributed by atoms with van der Waals surface area (Å²) in [5.74, 6) is 0.0597. The Labute approximate surface area is 107 Å². The molecule has 1 aliphatic rings. The van der Waals surface area contributed by atoms with Gasteiger partial charge in [0.15, 0.2) is 0 Å². The van der Waals surface area contributed by atoms with Crippen molar-refractivity contribution in [3.63, 3.8) is 0 Å². The first-order valence-electron chi connectivity index (χ1n) is 6.31. The minimum Gasteiger partial charge on any atom is -0.492 e. The predicted molar refractivity (Wildman–Crippen MR) is 68.8 cm³/mol. The lowest BCUT2D eigenvalue weighted by molar-refractivity contribution is -0.149. The van der Waals surface area contributed by atoms with E-state index in [2.05, 4.69) is 5.32 Å². The highest BCUT2D eigenvalue weighted by atomic mass is 16.5. The fourth-order valence-electron chi connectivity index (χ4n) is 2.20. The maximum Gasteiger partial charge on any atom is 0.323 e. The van der Waals surface area contributed by atoms with Gasteiger partial charge in [0.2, 0.25) is 0 Å². The molecule has 0 spiro atoms.